The Morgan fingerprint density at radius 2 is 2.05 bits per heavy atom. The molecule has 2 aliphatic carbocycles. The van der Waals surface area contributed by atoms with E-state index in [2.05, 4.69) is 12.2 Å². The van der Waals surface area contributed by atoms with Crippen molar-refractivity contribution in [3.63, 3.8) is 0 Å². The quantitative estimate of drug-likeness (QED) is 0.838. The summed E-state index contributed by atoms with van der Waals surface area (Å²) in [6.07, 6.45) is 5.30. The Labute approximate surface area is 130 Å². The van der Waals surface area contributed by atoms with Gasteiger partial charge in [-0.2, -0.15) is 0 Å². The van der Waals surface area contributed by atoms with Crippen LogP contribution in [0, 0.1) is 12.3 Å². The molecule has 110 valence electrons. The molecule has 2 atom stereocenters. The molecule has 0 radical (unpaired) electrons. The number of rotatable bonds is 4. The number of halogens is 2. The van der Waals surface area contributed by atoms with Crippen molar-refractivity contribution in [3.8, 4) is 0 Å². The zero-order valence-corrected chi connectivity index (χ0v) is 13.5. The molecule has 2 aliphatic rings. The molecule has 0 aromatic heterocycles. The SMILES string of the molecule is CCOC1CC(Nc2cc(Cl)c(C)cc2Cl)C12CCC2. The minimum Gasteiger partial charge on any atom is -0.380 e. The Balaban J connectivity index is 1.74. The van der Waals surface area contributed by atoms with Crippen LogP contribution < -0.4 is 5.32 Å². The van der Waals surface area contributed by atoms with Crippen LogP contribution in [0.2, 0.25) is 10.0 Å². The number of aryl methyl sites for hydroxylation is 1. The molecule has 1 aromatic carbocycles. The van der Waals surface area contributed by atoms with Gasteiger partial charge < -0.3 is 10.1 Å². The molecule has 2 nitrogen and oxygen atoms in total. The van der Waals surface area contributed by atoms with Gasteiger partial charge in [-0.05, 0) is 50.8 Å². The molecule has 0 saturated heterocycles. The van der Waals surface area contributed by atoms with E-state index < -0.39 is 0 Å². The lowest BCUT2D eigenvalue weighted by atomic mass is 9.51. The first-order valence-corrected chi connectivity index (χ1v) is 8.16. The van der Waals surface area contributed by atoms with Crippen LogP contribution >= 0.6 is 23.2 Å². The first-order chi connectivity index (χ1) is 9.56. The van der Waals surface area contributed by atoms with E-state index in [1.165, 1.54) is 19.3 Å². The summed E-state index contributed by atoms with van der Waals surface area (Å²) in [6.45, 7) is 4.85. The highest BCUT2D eigenvalue weighted by Gasteiger charge is 2.58. The summed E-state index contributed by atoms with van der Waals surface area (Å²) in [4.78, 5) is 0. The molecule has 0 amide bonds. The summed E-state index contributed by atoms with van der Waals surface area (Å²) in [5, 5.41) is 5.11. The molecule has 3 rings (SSSR count). The fourth-order valence-corrected chi connectivity index (χ4v) is 4.02. The second-order valence-electron chi connectivity index (χ2n) is 6.04. The van der Waals surface area contributed by atoms with Crippen LogP contribution in [0.15, 0.2) is 12.1 Å². The number of benzene rings is 1. The number of hydrogen-bond acceptors (Lipinski definition) is 2. The van der Waals surface area contributed by atoms with Crippen molar-refractivity contribution in [2.24, 2.45) is 5.41 Å². The normalized spacial score (nSPS) is 27.0. The van der Waals surface area contributed by atoms with Crippen molar-refractivity contribution in [2.45, 2.75) is 51.7 Å². The highest BCUT2D eigenvalue weighted by molar-refractivity contribution is 6.35. The zero-order chi connectivity index (χ0) is 14.3. The third-order valence-corrected chi connectivity index (χ3v) is 5.74. The van der Waals surface area contributed by atoms with Crippen LogP contribution in [0.25, 0.3) is 0 Å². The zero-order valence-electron chi connectivity index (χ0n) is 12.0. The highest BCUT2D eigenvalue weighted by Crippen LogP contribution is 2.58. The molecule has 0 bridgehead atoms. The molecule has 20 heavy (non-hydrogen) atoms. The predicted octanol–water partition coefficient (Wildman–Crippen LogP) is 5.06. The van der Waals surface area contributed by atoms with E-state index in [0.717, 1.165) is 34.3 Å². The van der Waals surface area contributed by atoms with Gasteiger partial charge >= 0.3 is 0 Å². The second kappa shape index (κ2) is 5.40. The highest BCUT2D eigenvalue weighted by atomic mass is 35.5. The van der Waals surface area contributed by atoms with Crippen LogP contribution in [0.4, 0.5) is 5.69 Å². The lowest BCUT2D eigenvalue weighted by molar-refractivity contribution is -0.157. The topological polar surface area (TPSA) is 21.3 Å². The van der Waals surface area contributed by atoms with Gasteiger partial charge in [-0.1, -0.05) is 29.6 Å². The Bertz CT molecular complexity index is 513. The first-order valence-electron chi connectivity index (χ1n) is 7.40. The van der Waals surface area contributed by atoms with E-state index in [0.29, 0.717) is 17.6 Å². The maximum Gasteiger partial charge on any atom is 0.0670 e. The molecule has 0 aliphatic heterocycles. The van der Waals surface area contributed by atoms with Gasteiger partial charge in [-0.3, -0.25) is 0 Å². The minimum absolute atomic E-state index is 0.330. The van der Waals surface area contributed by atoms with Crippen LogP contribution in [0.1, 0.15) is 38.2 Å². The number of anilines is 1. The molecule has 1 N–H and O–H groups in total. The fourth-order valence-electron chi connectivity index (χ4n) is 3.59. The Hall–Kier alpha value is -0.440. The van der Waals surface area contributed by atoms with E-state index in [1.54, 1.807) is 0 Å². The van der Waals surface area contributed by atoms with E-state index in [4.69, 9.17) is 27.9 Å². The van der Waals surface area contributed by atoms with Gasteiger partial charge in [-0.15, -0.1) is 0 Å². The maximum absolute atomic E-state index is 6.33. The smallest absolute Gasteiger partial charge is 0.0670 e. The second-order valence-corrected chi connectivity index (χ2v) is 6.86. The molecular formula is C16H21Cl2NO. The lowest BCUT2D eigenvalue weighted by Gasteiger charge is -2.61. The Morgan fingerprint density at radius 1 is 1.30 bits per heavy atom. The van der Waals surface area contributed by atoms with Gasteiger partial charge in [-0.25, -0.2) is 0 Å². The average molecular weight is 314 g/mol. The van der Waals surface area contributed by atoms with Crippen LogP contribution in [-0.4, -0.2) is 18.8 Å². The molecule has 2 unspecified atom stereocenters. The van der Waals surface area contributed by atoms with E-state index in [1.807, 2.05) is 19.1 Å². The van der Waals surface area contributed by atoms with E-state index >= 15 is 0 Å². The Morgan fingerprint density at radius 3 is 2.65 bits per heavy atom. The largest absolute Gasteiger partial charge is 0.380 e. The molecule has 0 heterocycles. The molecule has 1 spiro atoms. The van der Waals surface area contributed by atoms with Crippen molar-refractivity contribution >= 4 is 28.9 Å². The van der Waals surface area contributed by atoms with E-state index in [9.17, 15) is 0 Å². The molecule has 2 saturated carbocycles. The standard InChI is InChI=1S/C16H21Cl2NO/c1-3-20-15-9-14(16(15)5-4-6-16)19-13-8-11(17)10(2)7-12(13)18/h7-8,14-15,19H,3-6,9H2,1-2H3. The number of hydrogen-bond donors (Lipinski definition) is 1. The Kier molecular flexibility index (Phi) is 3.91. The molecular weight excluding hydrogens is 293 g/mol. The summed E-state index contributed by atoms with van der Waals surface area (Å²) in [5.74, 6) is 0. The van der Waals surface area contributed by atoms with Crippen molar-refractivity contribution in [3.05, 3.63) is 27.7 Å². The average Bonchev–Trinajstić information content (AvgIpc) is 2.32. The van der Waals surface area contributed by atoms with Gasteiger partial charge in [0.25, 0.3) is 0 Å². The number of nitrogens with one attached hydrogen (secondary N) is 1. The van der Waals surface area contributed by atoms with Gasteiger partial charge in [0.05, 0.1) is 16.8 Å². The maximum atomic E-state index is 6.33. The number of ether oxygens (including phenoxy) is 1. The molecule has 4 heteroatoms. The van der Waals surface area contributed by atoms with E-state index in [-0.39, 0.29) is 0 Å². The van der Waals surface area contributed by atoms with Crippen LogP contribution in [-0.2, 0) is 4.74 Å². The summed E-state index contributed by atoms with van der Waals surface area (Å²) in [7, 11) is 0. The van der Waals surface area contributed by atoms with Crippen LogP contribution in [0.3, 0.4) is 0 Å². The monoisotopic (exact) mass is 313 g/mol. The summed E-state index contributed by atoms with van der Waals surface area (Å²) >= 11 is 12.5. The van der Waals surface area contributed by atoms with Gasteiger partial charge in [0.2, 0.25) is 0 Å². The fraction of sp³-hybridized carbons (Fsp3) is 0.625. The van der Waals surface area contributed by atoms with Gasteiger partial charge in [0.15, 0.2) is 0 Å². The third kappa shape index (κ3) is 2.22. The van der Waals surface area contributed by atoms with Gasteiger partial charge in [0, 0.05) is 23.1 Å². The third-order valence-electron chi connectivity index (χ3n) is 5.02. The van der Waals surface area contributed by atoms with Crippen molar-refractivity contribution < 1.29 is 4.74 Å². The predicted molar refractivity (Wildman–Crippen MR) is 84.9 cm³/mol. The first kappa shape index (κ1) is 14.5. The minimum atomic E-state index is 0.330. The van der Waals surface area contributed by atoms with Crippen molar-refractivity contribution in [1.82, 2.24) is 0 Å². The van der Waals surface area contributed by atoms with Crippen molar-refractivity contribution in [1.29, 1.82) is 0 Å². The van der Waals surface area contributed by atoms with Crippen LogP contribution in [0.5, 0.6) is 0 Å². The molecule has 1 aromatic rings. The molecule has 2 fully saturated rings. The summed E-state index contributed by atoms with van der Waals surface area (Å²) in [5.41, 5.74) is 2.30. The van der Waals surface area contributed by atoms with Crippen molar-refractivity contribution in [2.75, 3.05) is 11.9 Å². The summed E-state index contributed by atoms with van der Waals surface area (Å²) < 4.78 is 5.88. The van der Waals surface area contributed by atoms with Gasteiger partial charge in [0.1, 0.15) is 0 Å². The lowest BCUT2D eigenvalue weighted by Crippen LogP contribution is -2.64. The summed E-state index contributed by atoms with van der Waals surface area (Å²) in [6, 6.07) is 4.34.